The first-order valence-corrected chi connectivity index (χ1v) is 11.2. The molecule has 2 bridgehead atoms. The number of piperidine rings is 1. The van der Waals surface area contributed by atoms with Crippen molar-refractivity contribution < 1.29 is 9.13 Å². The normalized spacial score (nSPS) is 26.0. The maximum Gasteiger partial charge on any atom is 0.350 e. The molecule has 0 aliphatic carbocycles. The molecular weight excluding hydrogens is 395 g/mol. The molecule has 7 heteroatoms. The van der Waals surface area contributed by atoms with Crippen LogP contribution in [0.25, 0.3) is 5.65 Å². The van der Waals surface area contributed by atoms with Crippen LogP contribution in [0.3, 0.4) is 0 Å². The minimum Gasteiger partial charge on any atom is -0.370 e. The molecule has 4 heterocycles. The number of nitrogens with zero attached hydrogens (tertiary/aromatic N) is 4. The van der Waals surface area contributed by atoms with Gasteiger partial charge in [0.25, 0.3) is 0 Å². The summed E-state index contributed by atoms with van der Waals surface area (Å²) in [5.41, 5.74) is 1.01. The average molecular weight is 425 g/mol. The van der Waals surface area contributed by atoms with Crippen LogP contribution in [-0.2, 0) is 17.9 Å². The molecule has 2 unspecified atom stereocenters. The minimum absolute atomic E-state index is 0.0775. The summed E-state index contributed by atoms with van der Waals surface area (Å²) in [6, 6.07) is 13.4. The lowest BCUT2D eigenvalue weighted by Gasteiger charge is -2.44. The fourth-order valence-electron chi connectivity index (χ4n) is 5.40. The predicted molar refractivity (Wildman–Crippen MR) is 116 cm³/mol. The van der Waals surface area contributed by atoms with E-state index in [1.165, 1.54) is 18.9 Å². The lowest BCUT2D eigenvalue weighted by molar-refractivity contribution is -0.101. The van der Waals surface area contributed by atoms with E-state index in [1.807, 2.05) is 24.3 Å². The second-order valence-corrected chi connectivity index (χ2v) is 9.15. The largest absolute Gasteiger partial charge is 0.370 e. The van der Waals surface area contributed by atoms with Crippen LogP contribution in [0.2, 0.25) is 0 Å². The van der Waals surface area contributed by atoms with Crippen LogP contribution in [-0.4, -0.2) is 43.3 Å². The number of rotatable bonds is 7. The van der Waals surface area contributed by atoms with Gasteiger partial charge in [-0.25, -0.2) is 13.9 Å². The van der Waals surface area contributed by atoms with Gasteiger partial charge >= 0.3 is 5.69 Å². The molecule has 164 valence electrons. The summed E-state index contributed by atoms with van der Waals surface area (Å²) in [7, 11) is 0. The molecule has 0 radical (unpaired) electrons. The molecular formula is C24H29FN4O2. The molecule has 2 saturated heterocycles. The van der Waals surface area contributed by atoms with Gasteiger partial charge in [-0.1, -0.05) is 24.3 Å². The van der Waals surface area contributed by atoms with Gasteiger partial charge in [-0.3, -0.25) is 9.30 Å². The van der Waals surface area contributed by atoms with Crippen LogP contribution in [0, 0.1) is 5.82 Å². The Morgan fingerprint density at radius 2 is 1.84 bits per heavy atom. The fraction of sp³-hybridized carbons (Fsp3) is 0.500. The first-order valence-electron chi connectivity index (χ1n) is 11.2. The van der Waals surface area contributed by atoms with Gasteiger partial charge in [0.05, 0.1) is 12.2 Å². The number of benzene rings is 1. The van der Waals surface area contributed by atoms with E-state index in [4.69, 9.17) is 4.74 Å². The SMILES string of the molecule is CC1(OCc2ccccc2F)CC2CCC(C1)N2CCCn1nc2ccccn2c1=O. The minimum atomic E-state index is -0.219. The van der Waals surface area contributed by atoms with Gasteiger partial charge in [0, 0.05) is 36.9 Å². The van der Waals surface area contributed by atoms with Crippen LogP contribution in [0.5, 0.6) is 0 Å². The van der Waals surface area contributed by atoms with Gasteiger partial charge in [-0.2, -0.15) is 0 Å². The second kappa shape index (κ2) is 8.20. The van der Waals surface area contributed by atoms with Crippen molar-refractivity contribution in [1.29, 1.82) is 0 Å². The summed E-state index contributed by atoms with van der Waals surface area (Å²) in [6.07, 6.45) is 6.94. The molecule has 5 rings (SSSR count). The van der Waals surface area contributed by atoms with Crippen molar-refractivity contribution in [3.8, 4) is 0 Å². The van der Waals surface area contributed by atoms with Crippen molar-refractivity contribution in [2.75, 3.05) is 6.54 Å². The maximum atomic E-state index is 14.0. The van der Waals surface area contributed by atoms with E-state index in [9.17, 15) is 9.18 Å². The summed E-state index contributed by atoms with van der Waals surface area (Å²) in [4.78, 5) is 15.0. The van der Waals surface area contributed by atoms with E-state index in [-0.39, 0.29) is 17.1 Å². The molecule has 6 nitrogen and oxygen atoms in total. The van der Waals surface area contributed by atoms with Crippen LogP contribution in [0.15, 0.2) is 53.5 Å². The van der Waals surface area contributed by atoms with E-state index in [0.29, 0.717) is 36.4 Å². The molecule has 1 aromatic carbocycles. The van der Waals surface area contributed by atoms with E-state index < -0.39 is 0 Å². The van der Waals surface area contributed by atoms with Crippen LogP contribution in [0.4, 0.5) is 4.39 Å². The predicted octanol–water partition coefficient (Wildman–Crippen LogP) is 3.63. The first-order chi connectivity index (χ1) is 15.0. The second-order valence-electron chi connectivity index (χ2n) is 9.15. The molecule has 0 amide bonds. The molecule has 2 aliphatic heterocycles. The number of aryl methyl sites for hydroxylation is 1. The monoisotopic (exact) mass is 424 g/mol. The zero-order chi connectivity index (χ0) is 21.4. The smallest absolute Gasteiger partial charge is 0.350 e. The summed E-state index contributed by atoms with van der Waals surface area (Å²) in [5.74, 6) is -0.200. The van der Waals surface area contributed by atoms with E-state index in [1.54, 1.807) is 27.4 Å². The maximum absolute atomic E-state index is 14.0. The van der Waals surface area contributed by atoms with Crippen molar-refractivity contribution in [2.24, 2.45) is 0 Å². The molecule has 2 fully saturated rings. The topological polar surface area (TPSA) is 51.8 Å². The number of halogens is 1. The molecule has 2 atom stereocenters. The van der Waals surface area contributed by atoms with Gasteiger partial charge < -0.3 is 4.74 Å². The number of ether oxygens (including phenoxy) is 1. The highest BCUT2D eigenvalue weighted by Crippen LogP contribution is 2.42. The van der Waals surface area contributed by atoms with Crippen LogP contribution >= 0.6 is 0 Å². The van der Waals surface area contributed by atoms with Crippen molar-refractivity contribution in [1.82, 2.24) is 19.1 Å². The number of hydrogen-bond donors (Lipinski definition) is 0. The Hall–Kier alpha value is -2.51. The van der Waals surface area contributed by atoms with E-state index >= 15 is 0 Å². The molecule has 0 spiro atoms. The average Bonchev–Trinajstić information content (AvgIpc) is 3.21. The van der Waals surface area contributed by atoms with Crippen molar-refractivity contribution in [2.45, 2.75) is 69.9 Å². The molecule has 0 N–H and O–H groups in total. The number of hydrogen-bond acceptors (Lipinski definition) is 4. The van der Waals surface area contributed by atoms with Crippen molar-refractivity contribution >= 4 is 5.65 Å². The summed E-state index contributed by atoms with van der Waals surface area (Å²) >= 11 is 0. The number of fused-ring (bicyclic) bond motifs is 3. The highest BCUT2D eigenvalue weighted by atomic mass is 19.1. The lowest BCUT2D eigenvalue weighted by Crippen LogP contribution is -2.51. The Morgan fingerprint density at radius 1 is 1.10 bits per heavy atom. The molecule has 3 aromatic rings. The van der Waals surface area contributed by atoms with Crippen LogP contribution in [0.1, 0.15) is 44.6 Å². The molecule has 0 saturated carbocycles. The summed E-state index contributed by atoms with van der Waals surface area (Å²) < 4.78 is 23.4. The third kappa shape index (κ3) is 4.04. The zero-order valence-electron chi connectivity index (χ0n) is 17.9. The Kier molecular flexibility index (Phi) is 5.40. The van der Waals surface area contributed by atoms with Crippen LogP contribution < -0.4 is 5.69 Å². The molecule has 2 aliphatic rings. The quantitative estimate of drug-likeness (QED) is 0.581. The highest BCUT2D eigenvalue weighted by Gasteiger charge is 2.46. The van der Waals surface area contributed by atoms with Gasteiger partial charge in [0.15, 0.2) is 5.65 Å². The van der Waals surface area contributed by atoms with Gasteiger partial charge in [-0.15, -0.1) is 5.10 Å². The Morgan fingerprint density at radius 3 is 2.58 bits per heavy atom. The van der Waals surface area contributed by atoms with Crippen molar-refractivity contribution in [3.63, 3.8) is 0 Å². The summed E-state index contributed by atoms with van der Waals surface area (Å²) in [5, 5.41) is 4.43. The van der Waals surface area contributed by atoms with E-state index in [0.717, 1.165) is 25.8 Å². The Labute approximate surface area is 181 Å². The Balaban J connectivity index is 1.18. The standard InChI is InChI=1S/C24H29FN4O2/c1-24(31-17-18-7-2-3-8-21(18)25)15-19-10-11-20(16-24)27(19)13-6-14-29-23(30)28-12-5-4-9-22(28)26-29/h2-5,7-9,12,19-20H,6,10-11,13-17H2,1H3. The third-order valence-corrected chi connectivity index (χ3v) is 6.91. The Bertz CT molecular complexity index is 1110. The number of aromatic nitrogens is 3. The zero-order valence-corrected chi connectivity index (χ0v) is 17.9. The molecule has 2 aromatic heterocycles. The van der Waals surface area contributed by atoms with Gasteiger partial charge in [-0.05, 0) is 57.2 Å². The van der Waals surface area contributed by atoms with Gasteiger partial charge in [0.1, 0.15) is 5.82 Å². The molecule has 31 heavy (non-hydrogen) atoms. The fourth-order valence-corrected chi connectivity index (χ4v) is 5.40. The summed E-state index contributed by atoms with van der Waals surface area (Å²) in [6.45, 7) is 4.07. The number of pyridine rings is 1. The highest BCUT2D eigenvalue weighted by molar-refractivity contribution is 5.35. The lowest BCUT2D eigenvalue weighted by atomic mass is 9.87. The first kappa shape index (κ1) is 20.4. The third-order valence-electron chi connectivity index (χ3n) is 6.91. The van der Waals surface area contributed by atoms with Gasteiger partial charge in [0.2, 0.25) is 0 Å². The van der Waals surface area contributed by atoms with E-state index in [2.05, 4.69) is 16.9 Å². The van der Waals surface area contributed by atoms with Crippen molar-refractivity contribution in [3.05, 3.63) is 70.5 Å².